The normalized spacial score (nSPS) is 24.1. The summed E-state index contributed by atoms with van der Waals surface area (Å²) in [6, 6.07) is 2.73. The molecule has 0 aliphatic heterocycles. The van der Waals surface area contributed by atoms with E-state index in [1.54, 1.807) is 0 Å². The summed E-state index contributed by atoms with van der Waals surface area (Å²) in [6.45, 7) is 8.98. The van der Waals surface area contributed by atoms with Gasteiger partial charge in [0, 0.05) is 12.7 Å². The van der Waals surface area contributed by atoms with Gasteiger partial charge in [0.15, 0.2) is 0 Å². The molecule has 3 nitrogen and oxygen atoms in total. The van der Waals surface area contributed by atoms with Gasteiger partial charge in [-0.15, -0.1) is 0 Å². The number of hydrogen-bond acceptors (Lipinski definition) is 2. The minimum atomic E-state index is 0.494. The summed E-state index contributed by atoms with van der Waals surface area (Å²) in [5, 5.41) is 8.37. The van der Waals surface area contributed by atoms with Gasteiger partial charge in [0.25, 0.3) is 0 Å². The Kier molecular flexibility index (Phi) is 6.75. The number of hydrogen-bond donors (Lipinski definition) is 1. The zero-order valence-electron chi connectivity index (χ0n) is 14.1. The van der Waals surface area contributed by atoms with Gasteiger partial charge in [-0.25, -0.2) is 0 Å². The van der Waals surface area contributed by atoms with Crippen LogP contribution in [0.5, 0.6) is 0 Å². The van der Waals surface area contributed by atoms with Crippen LogP contribution in [-0.2, 0) is 6.54 Å². The van der Waals surface area contributed by atoms with Gasteiger partial charge in [0.2, 0.25) is 0 Å². The molecule has 0 saturated heterocycles. The van der Waals surface area contributed by atoms with Crippen molar-refractivity contribution in [1.82, 2.24) is 15.1 Å². The number of nitrogens with zero attached hydrogens (tertiary/aromatic N) is 2. The summed E-state index contributed by atoms with van der Waals surface area (Å²) >= 11 is 0. The van der Waals surface area contributed by atoms with E-state index in [-0.39, 0.29) is 0 Å². The quantitative estimate of drug-likeness (QED) is 0.761. The van der Waals surface area contributed by atoms with Crippen molar-refractivity contribution in [2.75, 3.05) is 6.54 Å². The van der Waals surface area contributed by atoms with Gasteiger partial charge in [-0.2, -0.15) is 5.10 Å². The van der Waals surface area contributed by atoms with E-state index in [1.807, 2.05) is 6.20 Å². The molecule has 1 heterocycles. The van der Waals surface area contributed by atoms with E-state index < -0.39 is 0 Å². The van der Waals surface area contributed by atoms with E-state index in [2.05, 4.69) is 41.9 Å². The van der Waals surface area contributed by atoms with Crippen molar-refractivity contribution in [3.8, 4) is 0 Å². The molecule has 0 spiro atoms. The van der Waals surface area contributed by atoms with Crippen LogP contribution in [0, 0.1) is 11.8 Å². The maximum absolute atomic E-state index is 4.55. The molecule has 1 N–H and O–H groups in total. The van der Waals surface area contributed by atoms with Crippen LogP contribution in [-0.4, -0.2) is 16.3 Å². The Morgan fingerprint density at radius 3 is 2.86 bits per heavy atom. The van der Waals surface area contributed by atoms with Crippen LogP contribution in [0.25, 0.3) is 0 Å². The van der Waals surface area contributed by atoms with Gasteiger partial charge in [-0.05, 0) is 50.1 Å². The minimum absolute atomic E-state index is 0.494. The first kappa shape index (κ1) is 16.5. The fourth-order valence-corrected chi connectivity index (χ4v) is 3.82. The number of nitrogens with one attached hydrogen (secondary N) is 1. The van der Waals surface area contributed by atoms with Crippen molar-refractivity contribution < 1.29 is 0 Å². The highest BCUT2D eigenvalue weighted by Crippen LogP contribution is 2.38. The Morgan fingerprint density at radius 2 is 2.14 bits per heavy atom. The molecule has 0 aromatic carbocycles. The number of aryl methyl sites for hydroxylation is 1. The first-order valence-electron chi connectivity index (χ1n) is 9.05. The predicted octanol–water partition coefficient (Wildman–Crippen LogP) is 4.55. The molecule has 1 aliphatic rings. The number of aromatic nitrogens is 2. The third-order valence-electron chi connectivity index (χ3n) is 4.99. The SMILES string of the molecule is CCCNC(c1ccnn1CCC)C1CCCC(CC)C1. The average Bonchev–Trinajstić information content (AvgIpc) is 2.97. The second kappa shape index (κ2) is 8.57. The molecule has 1 aromatic rings. The van der Waals surface area contributed by atoms with E-state index in [0.29, 0.717) is 6.04 Å². The molecule has 0 bridgehead atoms. The molecule has 1 fully saturated rings. The van der Waals surface area contributed by atoms with E-state index >= 15 is 0 Å². The molecule has 3 atom stereocenters. The van der Waals surface area contributed by atoms with Crippen molar-refractivity contribution in [1.29, 1.82) is 0 Å². The maximum atomic E-state index is 4.55. The first-order valence-corrected chi connectivity index (χ1v) is 9.05. The molecule has 0 amide bonds. The Hall–Kier alpha value is -0.830. The fourth-order valence-electron chi connectivity index (χ4n) is 3.82. The lowest BCUT2D eigenvalue weighted by Crippen LogP contribution is -2.33. The fraction of sp³-hybridized carbons (Fsp3) is 0.833. The van der Waals surface area contributed by atoms with Crippen LogP contribution in [0.3, 0.4) is 0 Å². The topological polar surface area (TPSA) is 29.9 Å². The molecule has 3 heteroatoms. The lowest BCUT2D eigenvalue weighted by atomic mass is 9.76. The highest BCUT2D eigenvalue weighted by molar-refractivity contribution is 5.09. The van der Waals surface area contributed by atoms with E-state index in [9.17, 15) is 0 Å². The molecule has 3 unspecified atom stereocenters. The summed E-state index contributed by atoms with van der Waals surface area (Å²) in [6.07, 6.45) is 11.2. The zero-order valence-corrected chi connectivity index (χ0v) is 14.1. The molecule has 21 heavy (non-hydrogen) atoms. The van der Waals surface area contributed by atoms with Crippen LogP contribution in [0.1, 0.15) is 77.5 Å². The van der Waals surface area contributed by atoms with Gasteiger partial charge in [-0.1, -0.05) is 40.0 Å². The van der Waals surface area contributed by atoms with Crippen molar-refractivity contribution in [3.05, 3.63) is 18.0 Å². The second-order valence-electron chi connectivity index (χ2n) is 6.61. The summed E-state index contributed by atoms with van der Waals surface area (Å²) in [5.74, 6) is 1.71. The zero-order chi connectivity index (χ0) is 15.1. The molecular formula is C18H33N3. The largest absolute Gasteiger partial charge is 0.308 e. The van der Waals surface area contributed by atoms with Gasteiger partial charge < -0.3 is 5.32 Å². The van der Waals surface area contributed by atoms with E-state index in [4.69, 9.17) is 0 Å². The third kappa shape index (κ3) is 4.32. The molecule has 0 radical (unpaired) electrons. The highest BCUT2D eigenvalue weighted by atomic mass is 15.3. The smallest absolute Gasteiger partial charge is 0.0556 e. The van der Waals surface area contributed by atoms with Crippen molar-refractivity contribution in [2.45, 2.75) is 78.3 Å². The number of rotatable bonds is 8. The van der Waals surface area contributed by atoms with Gasteiger partial charge in [0.05, 0.1) is 11.7 Å². The first-order chi connectivity index (χ1) is 10.3. The minimum Gasteiger partial charge on any atom is -0.308 e. The van der Waals surface area contributed by atoms with Crippen molar-refractivity contribution in [3.63, 3.8) is 0 Å². The third-order valence-corrected chi connectivity index (χ3v) is 4.99. The Balaban J connectivity index is 2.14. The van der Waals surface area contributed by atoms with Crippen LogP contribution in [0.15, 0.2) is 12.3 Å². The van der Waals surface area contributed by atoms with Crippen LogP contribution in [0.4, 0.5) is 0 Å². The van der Waals surface area contributed by atoms with Crippen LogP contribution < -0.4 is 5.32 Å². The van der Waals surface area contributed by atoms with E-state index in [1.165, 1.54) is 44.2 Å². The molecule has 120 valence electrons. The Labute approximate surface area is 130 Å². The predicted molar refractivity (Wildman–Crippen MR) is 89.3 cm³/mol. The summed E-state index contributed by atoms with van der Waals surface area (Å²) in [7, 11) is 0. The Bertz CT molecular complexity index is 399. The lowest BCUT2D eigenvalue weighted by molar-refractivity contribution is 0.203. The standard InChI is InChI=1S/C18H33N3/c1-4-11-19-18(16-9-7-8-15(6-3)14-16)17-10-12-20-21(17)13-5-2/h10,12,15-16,18-19H,4-9,11,13-14H2,1-3H3. The summed E-state index contributed by atoms with van der Waals surface area (Å²) in [4.78, 5) is 0. The molecule has 1 aromatic heterocycles. The van der Waals surface area contributed by atoms with Crippen molar-refractivity contribution in [2.24, 2.45) is 11.8 Å². The monoisotopic (exact) mass is 291 g/mol. The maximum Gasteiger partial charge on any atom is 0.0556 e. The molecular weight excluding hydrogens is 258 g/mol. The summed E-state index contributed by atoms with van der Waals surface area (Å²) in [5.41, 5.74) is 1.41. The average molecular weight is 291 g/mol. The molecule has 1 aliphatic carbocycles. The Morgan fingerprint density at radius 1 is 1.29 bits per heavy atom. The highest BCUT2D eigenvalue weighted by Gasteiger charge is 2.30. The second-order valence-corrected chi connectivity index (χ2v) is 6.61. The lowest BCUT2D eigenvalue weighted by Gasteiger charge is -2.35. The summed E-state index contributed by atoms with van der Waals surface area (Å²) < 4.78 is 2.23. The van der Waals surface area contributed by atoms with E-state index in [0.717, 1.165) is 31.3 Å². The van der Waals surface area contributed by atoms with Crippen LogP contribution in [0.2, 0.25) is 0 Å². The molecule has 1 saturated carbocycles. The van der Waals surface area contributed by atoms with Gasteiger partial charge in [-0.3, -0.25) is 4.68 Å². The van der Waals surface area contributed by atoms with Crippen molar-refractivity contribution >= 4 is 0 Å². The van der Waals surface area contributed by atoms with Gasteiger partial charge in [0.1, 0.15) is 0 Å². The van der Waals surface area contributed by atoms with Gasteiger partial charge >= 0.3 is 0 Å². The van der Waals surface area contributed by atoms with Crippen LogP contribution >= 0.6 is 0 Å². The molecule has 2 rings (SSSR count).